The first kappa shape index (κ1) is 57.8. The fraction of sp³-hybridized carbons (Fsp3) is 0.0526. The van der Waals surface area contributed by atoms with Gasteiger partial charge in [0.15, 0.2) is 0 Å². The molecule has 0 N–H and O–H groups in total. The molecule has 20 rings (SSSR count). The molecule has 0 bridgehead atoms. The van der Waals surface area contributed by atoms with Crippen molar-refractivity contribution in [1.29, 1.82) is 0 Å². The number of para-hydroxylation sites is 6. The second kappa shape index (κ2) is 22.3. The Kier molecular flexibility index (Phi) is 12.9. The van der Waals surface area contributed by atoms with Crippen molar-refractivity contribution in [2.24, 2.45) is 0 Å². The third-order valence-corrected chi connectivity index (χ3v) is 21.8. The van der Waals surface area contributed by atoms with Gasteiger partial charge in [0.25, 0.3) is 6.71 Å². The van der Waals surface area contributed by atoms with Crippen LogP contribution in [0.1, 0.15) is 48.6 Å². The van der Waals surface area contributed by atoms with E-state index in [4.69, 9.17) is 4.74 Å². The summed E-state index contributed by atoms with van der Waals surface area (Å²) in [6, 6.07) is 130. The molecule has 3 aliphatic heterocycles. The molecule has 1 spiro atoms. The van der Waals surface area contributed by atoms with Gasteiger partial charge in [0.2, 0.25) is 0 Å². The van der Waals surface area contributed by atoms with Crippen molar-refractivity contribution in [1.82, 2.24) is 4.57 Å². The van der Waals surface area contributed by atoms with Crippen LogP contribution in [0.4, 0.5) is 34.1 Å². The van der Waals surface area contributed by atoms with Gasteiger partial charge in [0, 0.05) is 72.6 Å². The lowest BCUT2D eigenvalue weighted by molar-refractivity contribution is 0.436. The zero-order chi connectivity index (χ0) is 66.4. The van der Waals surface area contributed by atoms with Gasteiger partial charge in [-0.15, -0.1) is 0 Å². The molecule has 4 aliphatic rings. The number of benzene rings is 15. The zero-order valence-electron chi connectivity index (χ0n) is 55.7. The molecule has 0 fully saturated rings. The lowest BCUT2D eigenvalue weighted by Gasteiger charge is -2.46. The van der Waals surface area contributed by atoms with Crippen LogP contribution in [0.25, 0.3) is 94.3 Å². The quantitative estimate of drug-likeness (QED) is 0.141. The highest BCUT2D eigenvalue weighted by molar-refractivity contribution is 7.00. The predicted molar refractivity (Wildman–Crippen MR) is 418 cm³/mol. The SMILES string of the molecule is CC(C)(C)c1ccc(-c2cc3c4c(c2)N(c2c(-c5ccccc5)cccc2-c2ccccc2)c2cc5c(cc2B4c2ccc(-n4c6ccccc6c6ccccc64)cc2N3c2c(-c3ccccc3)cccc2-c2ccccc2)C2(c3ccccc3Oc3ccccc32)c2ccccc2-5)cc1. The van der Waals surface area contributed by atoms with E-state index < -0.39 is 5.41 Å². The molecule has 100 heavy (non-hydrogen) atoms. The Balaban J connectivity index is 0.991. The summed E-state index contributed by atoms with van der Waals surface area (Å²) in [4.78, 5) is 5.40. The molecule has 4 nitrogen and oxygen atoms in total. The summed E-state index contributed by atoms with van der Waals surface area (Å²) in [5.41, 5.74) is 32.7. The van der Waals surface area contributed by atoms with E-state index in [9.17, 15) is 0 Å². The van der Waals surface area contributed by atoms with Crippen molar-refractivity contribution in [3.8, 4) is 83.9 Å². The molecular weight excluding hydrogens is 1210 g/mol. The minimum atomic E-state index is -0.746. The number of ether oxygens (including phenoxy) is 1. The third-order valence-electron chi connectivity index (χ3n) is 21.8. The minimum absolute atomic E-state index is 0.0566. The Hall–Kier alpha value is -12.4. The summed E-state index contributed by atoms with van der Waals surface area (Å²) in [5, 5.41) is 2.44. The van der Waals surface area contributed by atoms with Crippen LogP contribution in [-0.2, 0) is 10.8 Å². The van der Waals surface area contributed by atoms with Crippen LogP contribution in [-0.4, -0.2) is 11.3 Å². The second-order valence-corrected chi connectivity index (χ2v) is 28.2. The molecule has 1 aliphatic carbocycles. The molecule has 1 aromatic heterocycles. The number of aromatic nitrogens is 1. The highest BCUT2D eigenvalue weighted by atomic mass is 16.5. The van der Waals surface area contributed by atoms with Crippen LogP contribution in [0.5, 0.6) is 11.5 Å². The van der Waals surface area contributed by atoms with E-state index in [1.807, 2.05) is 0 Å². The molecule has 470 valence electrons. The fourth-order valence-electron chi connectivity index (χ4n) is 17.4. The Morgan fingerprint density at radius 3 is 1.23 bits per heavy atom. The summed E-state index contributed by atoms with van der Waals surface area (Å²) in [5.74, 6) is 1.73. The molecule has 5 heteroatoms. The maximum absolute atomic E-state index is 7.04. The standard InChI is InChI=1S/C95H66BN3O/c1-94(2,3)67-52-50-61(51-53-67)66-56-87-91-88(57-66)99(93-71(64-32-12-6-13-33-64)41-27-42-72(93)65-34-14-7-15-35-65)86-59-76-73-36-16-19-43-77(73)95(78-44-20-24-48-89(78)100-90-49-25-21-45-79(90)95)80(76)60-82(86)96(91)81-55-54-68(97-83-46-22-17-37-74(83)75-38-18-23-47-84(75)97)58-85(81)98(87)92-69(62-28-8-4-9-29-62)39-26-40-70(92)63-30-10-5-11-31-63/h4-60H,1-3H3. The summed E-state index contributed by atoms with van der Waals surface area (Å²) >= 11 is 0. The van der Waals surface area contributed by atoms with E-state index in [-0.39, 0.29) is 12.1 Å². The van der Waals surface area contributed by atoms with Gasteiger partial charge in [-0.3, -0.25) is 0 Å². The zero-order valence-corrected chi connectivity index (χ0v) is 55.7. The normalized spacial score (nSPS) is 13.4. The first-order valence-electron chi connectivity index (χ1n) is 34.9. The van der Waals surface area contributed by atoms with E-state index in [1.165, 1.54) is 55.0 Å². The molecule has 0 atom stereocenters. The Morgan fingerprint density at radius 1 is 0.300 bits per heavy atom. The first-order chi connectivity index (χ1) is 49.3. The maximum Gasteiger partial charge on any atom is 0.252 e. The van der Waals surface area contributed by atoms with Crippen LogP contribution in [0, 0.1) is 0 Å². The third kappa shape index (κ3) is 8.55. The lowest BCUT2D eigenvalue weighted by atomic mass is 9.33. The summed E-state index contributed by atoms with van der Waals surface area (Å²) in [7, 11) is 0. The van der Waals surface area contributed by atoms with Gasteiger partial charge in [-0.2, -0.15) is 0 Å². The van der Waals surface area contributed by atoms with Crippen LogP contribution < -0.4 is 30.9 Å². The number of rotatable bonds is 8. The summed E-state index contributed by atoms with van der Waals surface area (Å²) in [6.07, 6.45) is 0. The maximum atomic E-state index is 7.04. The van der Waals surface area contributed by atoms with E-state index in [0.717, 1.165) is 129 Å². The van der Waals surface area contributed by atoms with Crippen molar-refractivity contribution in [3.05, 3.63) is 374 Å². The van der Waals surface area contributed by atoms with Crippen molar-refractivity contribution < 1.29 is 4.74 Å². The Labute approximate surface area is 583 Å². The Bertz CT molecular complexity index is 5780. The monoisotopic (exact) mass is 1280 g/mol. The van der Waals surface area contributed by atoms with Crippen LogP contribution in [0.15, 0.2) is 346 Å². The van der Waals surface area contributed by atoms with Crippen molar-refractivity contribution in [3.63, 3.8) is 0 Å². The van der Waals surface area contributed by atoms with Crippen LogP contribution in [0.3, 0.4) is 0 Å². The van der Waals surface area contributed by atoms with Gasteiger partial charge in [0.05, 0.1) is 27.8 Å². The van der Waals surface area contributed by atoms with Gasteiger partial charge < -0.3 is 19.1 Å². The molecular formula is C95H66BN3O. The number of hydrogen-bond acceptors (Lipinski definition) is 3. The van der Waals surface area contributed by atoms with E-state index in [1.54, 1.807) is 0 Å². The summed E-state index contributed by atoms with van der Waals surface area (Å²) < 4.78 is 9.53. The Morgan fingerprint density at radius 2 is 0.730 bits per heavy atom. The highest BCUT2D eigenvalue weighted by Gasteiger charge is 2.54. The van der Waals surface area contributed by atoms with E-state index in [2.05, 4.69) is 381 Å². The number of hydrogen-bond donors (Lipinski definition) is 0. The average Bonchev–Trinajstić information content (AvgIpc) is 1.35. The molecule has 0 saturated carbocycles. The van der Waals surface area contributed by atoms with Crippen molar-refractivity contribution in [2.75, 3.05) is 9.80 Å². The van der Waals surface area contributed by atoms with Crippen LogP contribution >= 0.6 is 0 Å². The number of anilines is 6. The van der Waals surface area contributed by atoms with E-state index in [0.29, 0.717) is 0 Å². The smallest absolute Gasteiger partial charge is 0.252 e. The number of nitrogens with zero attached hydrogens (tertiary/aromatic N) is 3. The predicted octanol–water partition coefficient (Wildman–Crippen LogP) is 23.0. The molecule has 15 aromatic carbocycles. The lowest BCUT2D eigenvalue weighted by Crippen LogP contribution is -2.61. The van der Waals surface area contributed by atoms with Crippen LogP contribution in [0.2, 0.25) is 0 Å². The largest absolute Gasteiger partial charge is 0.457 e. The first-order valence-corrected chi connectivity index (χ1v) is 34.9. The molecule has 0 amide bonds. The molecule has 4 heterocycles. The second-order valence-electron chi connectivity index (χ2n) is 28.2. The average molecular weight is 1280 g/mol. The van der Waals surface area contributed by atoms with Gasteiger partial charge in [-0.05, 0) is 138 Å². The van der Waals surface area contributed by atoms with Gasteiger partial charge >= 0.3 is 0 Å². The summed E-state index contributed by atoms with van der Waals surface area (Å²) in [6.45, 7) is 6.62. The molecule has 0 saturated heterocycles. The van der Waals surface area contributed by atoms with Gasteiger partial charge in [0.1, 0.15) is 11.5 Å². The topological polar surface area (TPSA) is 20.6 Å². The van der Waals surface area contributed by atoms with E-state index >= 15 is 0 Å². The van der Waals surface area contributed by atoms with Gasteiger partial charge in [-0.1, -0.05) is 312 Å². The highest BCUT2D eigenvalue weighted by Crippen LogP contribution is 2.64. The van der Waals surface area contributed by atoms with Gasteiger partial charge in [-0.25, -0.2) is 0 Å². The van der Waals surface area contributed by atoms with Crippen molar-refractivity contribution >= 4 is 79.0 Å². The minimum Gasteiger partial charge on any atom is -0.457 e. The van der Waals surface area contributed by atoms with Crippen molar-refractivity contribution in [2.45, 2.75) is 31.6 Å². The molecule has 0 unspecified atom stereocenters. The molecule has 0 radical (unpaired) electrons. The molecule has 16 aromatic rings. The number of fused-ring (bicyclic) bond motifs is 16. The fourth-order valence-corrected chi connectivity index (χ4v) is 17.4.